The van der Waals surface area contributed by atoms with Crippen molar-refractivity contribution in [1.82, 2.24) is 9.38 Å². The monoisotopic (exact) mass is 168 g/mol. The van der Waals surface area contributed by atoms with Crippen molar-refractivity contribution in [2.24, 2.45) is 0 Å². The van der Waals surface area contributed by atoms with Gasteiger partial charge in [0.05, 0.1) is 0 Å². The van der Waals surface area contributed by atoms with Crippen molar-refractivity contribution in [3.63, 3.8) is 0 Å². The summed E-state index contributed by atoms with van der Waals surface area (Å²) in [6, 6.07) is 10.2. The van der Waals surface area contributed by atoms with Gasteiger partial charge in [-0.3, -0.25) is 0 Å². The van der Waals surface area contributed by atoms with E-state index in [1.54, 1.807) is 0 Å². The molecule has 0 amide bonds. The molecule has 2 aromatic heterocycles. The zero-order valence-corrected chi connectivity index (χ0v) is 7.01. The van der Waals surface area contributed by atoms with Crippen LogP contribution >= 0.6 is 0 Å². The Labute approximate surface area is 75.5 Å². The van der Waals surface area contributed by atoms with Gasteiger partial charge in [0.1, 0.15) is 5.65 Å². The third kappa shape index (κ3) is 0.855. The van der Waals surface area contributed by atoms with Crippen LogP contribution in [0.15, 0.2) is 48.9 Å². The quantitative estimate of drug-likeness (QED) is 0.504. The normalized spacial score (nSPS) is 11.1. The molecule has 0 fully saturated rings. The van der Waals surface area contributed by atoms with E-state index in [0.717, 1.165) is 5.65 Å². The number of benzene rings is 1. The van der Waals surface area contributed by atoms with Gasteiger partial charge >= 0.3 is 0 Å². The summed E-state index contributed by atoms with van der Waals surface area (Å²) in [7, 11) is 0. The summed E-state index contributed by atoms with van der Waals surface area (Å²) in [5.41, 5.74) is 1.03. The first-order valence-electron chi connectivity index (χ1n) is 4.25. The lowest BCUT2D eigenvalue weighted by atomic mass is 10.2. The molecule has 0 radical (unpaired) electrons. The minimum atomic E-state index is 1.03. The summed E-state index contributed by atoms with van der Waals surface area (Å²) in [6.45, 7) is 0. The highest BCUT2D eigenvalue weighted by Gasteiger charge is 2.00. The summed E-state index contributed by atoms with van der Waals surface area (Å²) >= 11 is 0. The Kier molecular flexibility index (Phi) is 1.19. The summed E-state index contributed by atoms with van der Waals surface area (Å²) in [5.74, 6) is 0. The van der Waals surface area contributed by atoms with Crippen LogP contribution in [0.3, 0.4) is 0 Å². The van der Waals surface area contributed by atoms with Gasteiger partial charge < -0.3 is 4.40 Å². The topological polar surface area (TPSA) is 17.3 Å². The van der Waals surface area contributed by atoms with Crippen molar-refractivity contribution in [1.29, 1.82) is 0 Å². The largest absolute Gasteiger partial charge is 0.307 e. The van der Waals surface area contributed by atoms with Crippen molar-refractivity contribution >= 4 is 16.4 Å². The molecule has 0 bridgehead atoms. The Morgan fingerprint density at radius 3 is 3.00 bits per heavy atom. The van der Waals surface area contributed by atoms with Gasteiger partial charge in [-0.25, -0.2) is 4.98 Å². The summed E-state index contributed by atoms with van der Waals surface area (Å²) < 4.78 is 2.05. The molecule has 2 heterocycles. The fourth-order valence-electron chi connectivity index (χ4n) is 1.66. The van der Waals surface area contributed by atoms with Crippen molar-refractivity contribution < 1.29 is 0 Å². The summed E-state index contributed by atoms with van der Waals surface area (Å²) in [5, 5.41) is 2.45. The van der Waals surface area contributed by atoms with Crippen LogP contribution in [0.2, 0.25) is 0 Å². The van der Waals surface area contributed by atoms with E-state index < -0.39 is 0 Å². The second-order valence-corrected chi connectivity index (χ2v) is 3.07. The molecule has 0 aliphatic heterocycles. The van der Waals surface area contributed by atoms with Gasteiger partial charge in [-0.15, -0.1) is 0 Å². The first kappa shape index (κ1) is 6.66. The van der Waals surface area contributed by atoms with E-state index in [1.165, 1.54) is 10.8 Å². The lowest BCUT2D eigenvalue weighted by Gasteiger charge is -1.90. The second kappa shape index (κ2) is 2.33. The molecule has 0 saturated heterocycles. The van der Waals surface area contributed by atoms with Crippen molar-refractivity contribution in [3.8, 4) is 0 Å². The smallest absolute Gasteiger partial charge is 0.144 e. The highest BCUT2D eigenvalue weighted by atomic mass is 15.0. The van der Waals surface area contributed by atoms with E-state index >= 15 is 0 Å². The fraction of sp³-hybridized carbons (Fsp3) is 0. The Morgan fingerprint density at radius 2 is 2.00 bits per heavy atom. The van der Waals surface area contributed by atoms with Gasteiger partial charge in [0, 0.05) is 29.4 Å². The van der Waals surface area contributed by atoms with E-state index in [9.17, 15) is 0 Å². The minimum absolute atomic E-state index is 1.03. The van der Waals surface area contributed by atoms with Crippen molar-refractivity contribution in [2.45, 2.75) is 0 Å². The SMILES string of the molecule is c1ccc2c(c1)cn1cccnc21. The van der Waals surface area contributed by atoms with E-state index in [4.69, 9.17) is 0 Å². The molecule has 1 aromatic carbocycles. The highest BCUT2D eigenvalue weighted by molar-refractivity contribution is 5.95. The van der Waals surface area contributed by atoms with Crippen LogP contribution < -0.4 is 0 Å². The Morgan fingerprint density at radius 1 is 1.08 bits per heavy atom. The van der Waals surface area contributed by atoms with E-state index in [1.807, 2.05) is 35.0 Å². The second-order valence-electron chi connectivity index (χ2n) is 3.07. The minimum Gasteiger partial charge on any atom is -0.307 e. The van der Waals surface area contributed by atoms with Crippen LogP contribution in [0, 0.1) is 0 Å². The van der Waals surface area contributed by atoms with Crippen LogP contribution in [0.25, 0.3) is 16.4 Å². The maximum Gasteiger partial charge on any atom is 0.144 e. The Hall–Kier alpha value is -1.83. The number of hydrogen-bond acceptors (Lipinski definition) is 1. The molecule has 0 N–H and O–H groups in total. The number of rotatable bonds is 0. The Balaban J connectivity index is 2.64. The molecule has 0 aliphatic carbocycles. The number of aromatic nitrogens is 2. The van der Waals surface area contributed by atoms with Crippen molar-refractivity contribution in [2.75, 3.05) is 0 Å². The lowest BCUT2D eigenvalue weighted by molar-refractivity contribution is 1.14. The molecule has 0 atom stereocenters. The number of nitrogens with zero attached hydrogens (tertiary/aromatic N) is 2. The van der Waals surface area contributed by atoms with E-state index in [0.29, 0.717) is 0 Å². The van der Waals surface area contributed by atoms with Crippen LogP contribution in [-0.4, -0.2) is 9.38 Å². The molecule has 0 unspecified atom stereocenters. The molecule has 62 valence electrons. The van der Waals surface area contributed by atoms with Crippen LogP contribution in [0.5, 0.6) is 0 Å². The highest BCUT2D eigenvalue weighted by Crippen LogP contribution is 2.19. The molecular formula is C11H8N2. The first-order valence-corrected chi connectivity index (χ1v) is 4.25. The first-order chi connectivity index (χ1) is 6.45. The van der Waals surface area contributed by atoms with Crippen molar-refractivity contribution in [3.05, 3.63) is 48.9 Å². The van der Waals surface area contributed by atoms with Gasteiger partial charge in [0.15, 0.2) is 0 Å². The average Bonchev–Trinajstić information content (AvgIpc) is 2.56. The summed E-state index contributed by atoms with van der Waals surface area (Å²) in [6.07, 6.45) is 5.93. The standard InChI is InChI=1S/C11H8N2/c1-2-5-10-9(4-1)8-13-7-3-6-12-11(10)13/h1-8H. The van der Waals surface area contributed by atoms with E-state index in [-0.39, 0.29) is 0 Å². The Bertz CT molecular complexity index is 516. The predicted molar refractivity (Wildman–Crippen MR) is 52.7 cm³/mol. The molecule has 0 spiro atoms. The number of fused-ring (bicyclic) bond motifs is 3. The maximum atomic E-state index is 4.33. The van der Waals surface area contributed by atoms with Crippen LogP contribution in [0.1, 0.15) is 0 Å². The lowest BCUT2D eigenvalue weighted by Crippen LogP contribution is -1.81. The molecule has 0 saturated carbocycles. The van der Waals surface area contributed by atoms with Gasteiger partial charge in [-0.1, -0.05) is 24.3 Å². The molecule has 2 nitrogen and oxygen atoms in total. The third-order valence-electron chi connectivity index (χ3n) is 2.25. The zero-order chi connectivity index (χ0) is 8.67. The van der Waals surface area contributed by atoms with E-state index in [2.05, 4.69) is 23.3 Å². The fourth-order valence-corrected chi connectivity index (χ4v) is 1.66. The van der Waals surface area contributed by atoms with Gasteiger partial charge in [0.25, 0.3) is 0 Å². The van der Waals surface area contributed by atoms with Crippen LogP contribution in [-0.2, 0) is 0 Å². The van der Waals surface area contributed by atoms with Gasteiger partial charge in [-0.2, -0.15) is 0 Å². The number of hydrogen-bond donors (Lipinski definition) is 0. The molecule has 3 rings (SSSR count). The predicted octanol–water partition coefficient (Wildman–Crippen LogP) is 2.49. The van der Waals surface area contributed by atoms with Gasteiger partial charge in [0.2, 0.25) is 0 Å². The zero-order valence-electron chi connectivity index (χ0n) is 7.01. The summed E-state index contributed by atoms with van der Waals surface area (Å²) in [4.78, 5) is 4.33. The molecule has 2 heteroatoms. The average molecular weight is 168 g/mol. The third-order valence-corrected chi connectivity index (χ3v) is 2.25. The molecule has 13 heavy (non-hydrogen) atoms. The van der Waals surface area contributed by atoms with Crippen LogP contribution in [0.4, 0.5) is 0 Å². The maximum absolute atomic E-state index is 4.33. The molecule has 0 aliphatic rings. The molecular weight excluding hydrogens is 160 g/mol. The molecule has 3 aromatic rings. The van der Waals surface area contributed by atoms with Gasteiger partial charge in [-0.05, 0) is 6.07 Å².